The van der Waals surface area contributed by atoms with Crippen molar-refractivity contribution in [1.82, 2.24) is 4.98 Å². The van der Waals surface area contributed by atoms with E-state index in [1.807, 2.05) is 5.38 Å². The second-order valence-electron chi connectivity index (χ2n) is 4.39. The van der Waals surface area contributed by atoms with Crippen LogP contribution in [-0.2, 0) is 20.7 Å². The van der Waals surface area contributed by atoms with Crippen molar-refractivity contribution in [1.29, 1.82) is 0 Å². The van der Waals surface area contributed by atoms with Crippen molar-refractivity contribution in [2.75, 3.05) is 19.5 Å². The predicted molar refractivity (Wildman–Crippen MR) is 69.9 cm³/mol. The SMILES string of the molecule is COC(=O)CCc1csc(NC2CC(OC)C2)n1. The second kappa shape index (κ2) is 6.15. The van der Waals surface area contributed by atoms with Gasteiger partial charge in [-0.2, -0.15) is 0 Å². The van der Waals surface area contributed by atoms with Gasteiger partial charge in [0.05, 0.1) is 25.3 Å². The molecule has 0 atom stereocenters. The van der Waals surface area contributed by atoms with Crippen molar-refractivity contribution >= 4 is 22.4 Å². The molecule has 0 bridgehead atoms. The summed E-state index contributed by atoms with van der Waals surface area (Å²) >= 11 is 1.58. The quantitative estimate of drug-likeness (QED) is 0.799. The van der Waals surface area contributed by atoms with Gasteiger partial charge < -0.3 is 14.8 Å². The van der Waals surface area contributed by atoms with Gasteiger partial charge in [0.1, 0.15) is 0 Å². The highest BCUT2D eigenvalue weighted by Gasteiger charge is 2.29. The Kier molecular flexibility index (Phi) is 4.54. The molecule has 2 rings (SSSR count). The van der Waals surface area contributed by atoms with Crippen LogP contribution in [0.25, 0.3) is 0 Å². The first-order valence-corrected chi connectivity index (χ1v) is 6.89. The number of rotatable bonds is 6. The zero-order valence-corrected chi connectivity index (χ0v) is 11.5. The topological polar surface area (TPSA) is 60.5 Å². The van der Waals surface area contributed by atoms with Crippen LogP contribution in [0.3, 0.4) is 0 Å². The maximum absolute atomic E-state index is 11.0. The summed E-state index contributed by atoms with van der Waals surface area (Å²) in [5, 5.41) is 6.29. The number of carbonyl (C=O) groups is 1. The number of aryl methyl sites for hydroxylation is 1. The second-order valence-corrected chi connectivity index (χ2v) is 5.25. The zero-order chi connectivity index (χ0) is 13.0. The highest BCUT2D eigenvalue weighted by Crippen LogP contribution is 2.27. The standard InChI is InChI=1S/C12H18N2O3S/c1-16-10-5-9(6-10)14-12-13-8(7-18-12)3-4-11(15)17-2/h7,9-10H,3-6H2,1-2H3,(H,13,14). The molecule has 1 N–H and O–H groups in total. The summed E-state index contributed by atoms with van der Waals surface area (Å²) < 4.78 is 9.83. The van der Waals surface area contributed by atoms with Crippen molar-refractivity contribution in [3.05, 3.63) is 11.1 Å². The number of aromatic nitrogens is 1. The molecule has 0 unspecified atom stereocenters. The molecule has 6 heteroatoms. The fourth-order valence-electron chi connectivity index (χ4n) is 1.87. The number of carbonyl (C=O) groups excluding carboxylic acids is 1. The van der Waals surface area contributed by atoms with E-state index in [0.717, 1.165) is 23.7 Å². The summed E-state index contributed by atoms with van der Waals surface area (Å²) in [6.07, 6.45) is 3.48. The van der Waals surface area contributed by atoms with Crippen LogP contribution in [0.1, 0.15) is 25.0 Å². The van der Waals surface area contributed by atoms with Crippen LogP contribution in [0, 0.1) is 0 Å². The Balaban J connectivity index is 1.74. The van der Waals surface area contributed by atoms with Gasteiger partial charge in [-0.3, -0.25) is 4.79 Å². The Labute approximate surface area is 111 Å². The van der Waals surface area contributed by atoms with E-state index >= 15 is 0 Å². The van der Waals surface area contributed by atoms with Crippen LogP contribution in [-0.4, -0.2) is 37.3 Å². The molecule has 0 spiro atoms. The molecule has 5 nitrogen and oxygen atoms in total. The molecule has 1 saturated carbocycles. The lowest BCUT2D eigenvalue weighted by Gasteiger charge is -2.34. The van der Waals surface area contributed by atoms with Gasteiger partial charge in [0, 0.05) is 25.0 Å². The molecule has 1 aliphatic carbocycles. The first-order chi connectivity index (χ1) is 8.71. The first kappa shape index (κ1) is 13.3. The Bertz CT molecular complexity index is 402. The van der Waals surface area contributed by atoms with Gasteiger partial charge in [-0.1, -0.05) is 0 Å². The van der Waals surface area contributed by atoms with E-state index in [1.54, 1.807) is 18.4 Å². The lowest BCUT2D eigenvalue weighted by atomic mass is 9.89. The van der Waals surface area contributed by atoms with Crippen LogP contribution in [0.4, 0.5) is 5.13 Å². The molecular weight excluding hydrogens is 252 g/mol. The molecule has 0 aliphatic heterocycles. The lowest BCUT2D eigenvalue weighted by molar-refractivity contribution is -0.140. The third kappa shape index (κ3) is 3.43. The Morgan fingerprint density at radius 1 is 1.56 bits per heavy atom. The monoisotopic (exact) mass is 270 g/mol. The van der Waals surface area contributed by atoms with E-state index in [-0.39, 0.29) is 5.97 Å². The number of thiazole rings is 1. The van der Waals surface area contributed by atoms with E-state index in [0.29, 0.717) is 25.0 Å². The molecule has 0 radical (unpaired) electrons. The highest BCUT2D eigenvalue weighted by molar-refractivity contribution is 7.13. The molecule has 18 heavy (non-hydrogen) atoms. The summed E-state index contributed by atoms with van der Waals surface area (Å²) in [6, 6.07) is 0.467. The summed E-state index contributed by atoms with van der Waals surface area (Å²) in [7, 11) is 3.15. The number of nitrogens with one attached hydrogen (secondary N) is 1. The summed E-state index contributed by atoms with van der Waals surface area (Å²) in [4.78, 5) is 15.5. The van der Waals surface area contributed by atoms with Crippen molar-refractivity contribution in [2.24, 2.45) is 0 Å². The molecule has 0 aromatic carbocycles. The molecule has 1 aliphatic rings. The first-order valence-electron chi connectivity index (χ1n) is 6.01. The van der Waals surface area contributed by atoms with Gasteiger partial charge in [0.25, 0.3) is 0 Å². The predicted octanol–water partition coefficient (Wildman–Crippen LogP) is 1.84. The van der Waals surface area contributed by atoms with Crippen molar-refractivity contribution in [3.8, 4) is 0 Å². The average molecular weight is 270 g/mol. The molecule has 0 amide bonds. The van der Waals surface area contributed by atoms with Crippen LogP contribution < -0.4 is 5.32 Å². The third-order valence-corrected chi connectivity index (χ3v) is 3.94. The number of hydrogen-bond donors (Lipinski definition) is 1. The minimum absolute atomic E-state index is 0.195. The van der Waals surface area contributed by atoms with Gasteiger partial charge >= 0.3 is 5.97 Å². The molecule has 1 aromatic heterocycles. The largest absolute Gasteiger partial charge is 0.469 e. The number of nitrogens with zero attached hydrogens (tertiary/aromatic N) is 1. The lowest BCUT2D eigenvalue weighted by Crippen LogP contribution is -2.40. The number of hydrogen-bond acceptors (Lipinski definition) is 6. The van der Waals surface area contributed by atoms with Crippen molar-refractivity contribution < 1.29 is 14.3 Å². The fraction of sp³-hybridized carbons (Fsp3) is 0.667. The molecular formula is C12H18N2O3S. The van der Waals surface area contributed by atoms with Crippen LogP contribution >= 0.6 is 11.3 Å². The number of anilines is 1. The van der Waals surface area contributed by atoms with Gasteiger partial charge in [-0.25, -0.2) is 4.98 Å². The molecule has 100 valence electrons. The maximum Gasteiger partial charge on any atom is 0.305 e. The molecule has 0 saturated heterocycles. The molecule has 1 heterocycles. The Morgan fingerprint density at radius 3 is 3.00 bits per heavy atom. The summed E-state index contributed by atoms with van der Waals surface area (Å²) in [5.74, 6) is -0.195. The van der Waals surface area contributed by atoms with Crippen LogP contribution in [0.2, 0.25) is 0 Å². The number of ether oxygens (including phenoxy) is 2. The zero-order valence-electron chi connectivity index (χ0n) is 10.6. The van der Waals surface area contributed by atoms with Gasteiger partial charge in [-0.15, -0.1) is 11.3 Å². The fourth-order valence-corrected chi connectivity index (χ4v) is 2.69. The van der Waals surface area contributed by atoms with E-state index in [1.165, 1.54) is 7.11 Å². The van der Waals surface area contributed by atoms with E-state index in [4.69, 9.17) is 4.74 Å². The van der Waals surface area contributed by atoms with Gasteiger partial charge in [0.2, 0.25) is 0 Å². The smallest absolute Gasteiger partial charge is 0.305 e. The van der Waals surface area contributed by atoms with E-state index < -0.39 is 0 Å². The third-order valence-electron chi connectivity index (χ3n) is 3.12. The molecule has 1 fully saturated rings. The number of methoxy groups -OCH3 is 2. The minimum Gasteiger partial charge on any atom is -0.469 e. The number of esters is 1. The van der Waals surface area contributed by atoms with Gasteiger partial charge in [-0.05, 0) is 12.8 Å². The maximum atomic E-state index is 11.0. The van der Waals surface area contributed by atoms with Crippen LogP contribution in [0.15, 0.2) is 5.38 Å². The summed E-state index contributed by atoms with van der Waals surface area (Å²) in [5.41, 5.74) is 0.940. The van der Waals surface area contributed by atoms with Crippen molar-refractivity contribution in [3.63, 3.8) is 0 Å². The minimum atomic E-state index is -0.195. The Morgan fingerprint density at radius 2 is 2.33 bits per heavy atom. The van der Waals surface area contributed by atoms with E-state index in [2.05, 4.69) is 15.0 Å². The van der Waals surface area contributed by atoms with E-state index in [9.17, 15) is 4.79 Å². The van der Waals surface area contributed by atoms with Crippen molar-refractivity contribution in [2.45, 2.75) is 37.8 Å². The highest BCUT2D eigenvalue weighted by atomic mass is 32.1. The summed E-state index contributed by atoms with van der Waals surface area (Å²) in [6.45, 7) is 0. The average Bonchev–Trinajstić information content (AvgIpc) is 2.78. The van der Waals surface area contributed by atoms with Crippen LogP contribution in [0.5, 0.6) is 0 Å². The normalized spacial score (nSPS) is 22.3. The van der Waals surface area contributed by atoms with Gasteiger partial charge in [0.15, 0.2) is 5.13 Å². The Hall–Kier alpha value is -1.14. The molecule has 1 aromatic rings.